The van der Waals surface area contributed by atoms with Crippen LogP contribution in [0.3, 0.4) is 0 Å². The van der Waals surface area contributed by atoms with Gasteiger partial charge in [-0.15, -0.1) is 11.3 Å². The molecule has 0 aliphatic heterocycles. The molecule has 2 aromatic carbocycles. The number of hydrogen-bond donors (Lipinski definition) is 1. The fraction of sp³-hybridized carbons (Fsp3) is 0.240. The van der Waals surface area contributed by atoms with E-state index in [9.17, 15) is 4.79 Å². The molecule has 0 saturated carbocycles. The first-order valence-corrected chi connectivity index (χ1v) is 11.3. The van der Waals surface area contributed by atoms with Crippen molar-refractivity contribution in [3.05, 3.63) is 65.0 Å². The van der Waals surface area contributed by atoms with E-state index in [1.807, 2.05) is 23.6 Å². The topological polar surface area (TPSA) is 86.5 Å². The Morgan fingerprint density at radius 2 is 1.94 bits per heavy atom. The smallest absolute Gasteiger partial charge is 0.226 e. The zero-order valence-corrected chi connectivity index (χ0v) is 19.8. The third-order valence-electron chi connectivity index (χ3n) is 5.35. The number of methoxy groups -OCH3 is 2. The van der Waals surface area contributed by atoms with Crippen LogP contribution in [0.5, 0.6) is 11.5 Å². The molecule has 0 fully saturated rings. The van der Waals surface area contributed by atoms with Gasteiger partial charge in [0.05, 0.1) is 26.1 Å². The highest BCUT2D eigenvalue weighted by Gasteiger charge is 2.14. The molecule has 0 atom stereocenters. The standard InChI is InChI=1S/C25H25N3O4S/c1-15-5-6-17(11-16(15)2)22-13-26-24(32-22)10-9-23(29)28-25-27-20(14-33-25)19-8-7-18(30-3)12-21(19)31-4/h5-8,11-14H,9-10H2,1-4H3,(H,27,28,29). The number of nitrogens with zero attached hydrogens (tertiary/aromatic N) is 2. The van der Waals surface area contributed by atoms with Crippen LogP contribution in [0.25, 0.3) is 22.6 Å². The summed E-state index contributed by atoms with van der Waals surface area (Å²) in [5.74, 6) is 2.43. The molecular formula is C25H25N3O4S. The Bertz CT molecular complexity index is 1280. The van der Waals surface area contributed by atoms with Gasteiger partial charge in [0, 0.05) is 35.4 Å². The van der Waals surface area contributed by atoms with Crippen LogP contribution in [-0.4, -0.2) is 30.1 Å². The van der Waals surface area contributed by atoms with Crippen molar-refractivity contribution >= 4 is 22.4 Å². The number of rotatable bonds is 8. The van der Waals surface area contributed by atoms with Crippen molar-refractivity contribution in [1.29, 1.82) is 0 Å². The quantitative estimate of drug-likeness (QED) is 0.362. The van der Waals surface area contributed by atoms with E-state index in [2.05, 4.69) is 41.3 Å². The summed E-state index contributed by atoms with van der Waals surface area (Å²) in [6.07, 6.45) is 2.35. The largest absolute Gasteiger partial charge is 0.497 e. The molecule has 0 bridgehead atoms. The number of aryl methyl sites for hydroxylation is 3. The lowest BCUT2D eigenvalue weighted by Crippen LogP contribution is -2.12. The third-order valence-corrected chi connectivity index (χ3v) is 6.10. The maximum absolute atomic E-state index is 12.4. The van der Waals surface area contributed by atoms with E-state index in [1.165, 1.54) is 22.5 Å². The number of hydrogen-bond acceptors (Lipinski definition) is 7. The van der Waals surface area contributed by atoms with E-state index in [4.69, 9.17) is 13.9 Å². The average molecular weight is 464 g/mol. The van der Waals surface area contributed by atoms with Crippen molar-refractivity contribution < 1.29 is 18.7 Å². The fourth-order valence-electron chi connectivity index (χ4n) is 3.32. The number of carbonyl (C=O) groups excluding carboxylic acids is 1. The summed E-state index contributed by atoms with van der Waals surface area (Å²) >= 11 is 1.36. The molecule has 4 rings (SSSR count). The van der Waals surface area contributed by atoms with Crippen LogP contribution in [0.1, 0.15) is 23.4 Å². The zero-order valence-electron chi connectivity index (χ0n) is 19.0. The molecule has 0 spiro atoms. The van der Waals surface area contributed by atoms with Crippen molar-refractivity contribution in [1.82, 2.24) is 9.97 Å². The molecule has 4 aromatic rings. The van der Waals surface area contributed by atoms with E-state index in [-0.39, 0.29) is 12.3 Å². The highest BCUT2D eigenvalue weighted by atomic mass is 32.1. The molecular weight excluding hydrogens is 438 g/mol. The van der Waals surface area contributed by atoms with Gasteiger partial charge < -0.3 is 19.2 Å². The maximum atomic E-state index is 12.4. The number of aromatic nitrogens is 2. The Morgan fingerprint density at radius 1 is 1.09 bits per heavy atom. The number of benzene rings is 2. The highest BCUT2D eigenvalue weighted by molar-refractivity contribution is 7.14. The monoisotopic (exact) mass is 463 g/mol. The van der Waals surface area contributed by atoms with Gasteiger partial charge >= 0.3 is 0 Å². The first-order chi connectivity index (χ1) is 16.0. The summed E-state index contributed by atoms with van der Waals surface area (Å²) in [6, 6.07) is 11.7. The molecule has 0 aliphatic rings. The first-order valence-electron chi connectivity index (χ1n) is 10.5. The van der Waals surface area contributed by atoms with E-state index >= 15 is 0 Å². The second-order valence-corrected chi connectivity index (χ2v) is 8.43. The normalized spacial score (nSPS) is 10.8. The maximum Gasteiger partial charge on any atom is 0.226 e. The first kappa shape index (κ1) is 22.5. The summed E-state index contributed by atoms with van der Waals surface area (Å²) < 4.78 is 16.5. The van der Waals surface area contributed by atoms with Crippen molar-refractivity contribution in [2.24, 2.45) is 0 Å². The van der Waals surface area contributed by atoms with E-state index in [1.54, 1.807) is 26.5 Å². The number of thiazole rings is 1. The minimum atomic E-state index is -0.150. The molecule has 170 valence electrons. The van der Waals surface area contributed by atoms with Gasteiger partial charge in [-0.05, 0) is 43.2 Å². The molecule has 7 nitrogen and oxygen atoms in total. The average Bonchev–Trinajstić information content (AvgIpc) is 3.49. The Hall–Kier alpha value is -3.65. The van der Waals surface area contributed by atoms with E-state index in [0.717, 1.165) is 16.8 Å². The van der Waals surface area contributed by atoms with Crippen LogP contribution < -0.4 is 14.8 Å². The summed E-state index contributed by atoms with van der Waals surface area (Å²) in [4.78, 5) is 21.3. The summed E-state index contributed by atoms with van der Waals surface area (Å²) in [5.41, 5.74) is 4.95. The molecule has 0 unspecified atom stereocenters. The number of oxazole rings is 1. The molecule has 0 aliphatic carbocycles. The summed E-state index contributed by atoms with van der Waals surface area (Å²) in [7, 11) is 3.20. The summed E-state index contributed by atoms with van der Waals surface area (Å²) in [5, 5.41) is 5.25. The van der Waals surface area contributed by atoms with E-state index < -0.39 is 0 Å². The van der Waals surface area contributed by atoms with Gasteiger partial charge in [0.15, 0.2) is 16.8 Å². The molecule has 1 amide bonds. The Kier molecular flexibility index (Phi) is 6.74. The van der Waals surface area contributed by atoms with Gasteiger partial charge in [-0.25, -0.2) is 9.97 Å². The van der Waals surface area contributed by atoms with Gasteiger partial charge in [-0.3, -0.25) is 4.79 Å². The van der Waals surface area contributed by atoms with Gasteiger partial charge in [0.25, 0.3) is 0 Å². The van der Waals surface area contributed by atoms with Crippen molar-refractivity contribution in [3.63, 3.8) is 0 Å². The molecule has 2 aromatic heterocycles. The van der Waals surface area contributed by atoms with Crippen LogP contribution in [0.4, 0.5) is 5.13 Å². The van der Waals surface area contributed by atoms with Gasteiger partial charge in [0.2, 0.25) is 5.91 Å². The van der Waals surface area contributed by atoms with Crippen molar-refractivity contribution in [3.8, 4) is 34.1 Å². The molecule has 0 radical (unpaired) electrons. The molecule has 8 heteroatoms. The Labute approximate surface area is 196 Å². The van der Waals surface area contributed by atoms with Gasteiger partial charge in [-0.2, -0.15) is 0 Å². The SMILES string of the molecule is COc1ccc(-c2csc(NC(=O)CCc3ncc(-c4ccc(C)c(C)c4)o3)n2)c(OC)c1. The van der Waals surface area contributed by atoms with E-state index in [0.29, 0.717) is 34.7 Å². The van der Waals surface area contributed by atoms with Crippen LogP contribution in [0.15, 0.2) is 52.4 Å². The number of nitrogens with one attached hydrogen (secondary N) is 1. The van der Waals surface area contributed by atoms with Gasteiger partial charge in [0.1, 0.15) is 11.5 Å². The third kappa shape index (κ3) is 5.23. The Balaban J connectivity index is 1.36. The molecule has 33 heavy (non-hydrogen) atoms. The molecule has 2 heterocycles. The lowest BCUT2D eigenvalue weighted by molar-refractivity contribution is -0.116. The molecule has 0 saturated heterocycles. The number of ether oxygens (including phenoxy) is 2. The lowest BCUT2D eigenvalue weighted by atomic mass is 10.1. The molecule has 1 N–H and O–H groups in total. The van der Waals surface area contributed by atoms with Crippen LogP contribution >= 0.6 is 11.3 Å². The minimum Gasteiger partial charge on any atom is -0.497 e. The van der Waals surface area contributed by atoms with Crippen LogP contribution in [0.2, 0.25) is 0 Å². The number of amides is 1. The fourth-order valence-corrected chi connectivity index (χ4v) is 4.05. The van der Waals surface area contributed by atoms with Crippen molar-refractivity contribution in [2.45, 2.75) is 26.7 Å². The summed E-state index contributed by atoms with van der Waals surface area (Å²) in [6.45, 7) is 4.14. The zero-order chi connectivity index (χ0) is 23.4. The predicted octanol–water partition coefficient (Wildman–Crippen LogP) is 5.67. The minimum absolute atomic E-state index is 0.150. The Morgan fingerprint density at radius 3 is 2.70 bits per heavy atom. The lowest BCUT2D eigenvalue weighted by Gasteiger charge is -2.08. The second kappa shape index (κ2) is 9.87. The van der Waals surface area contributed by atoms with Crippen LogP contribution in [0, 0.1) is 13.8 Å². The number of anilines is 1. The van der Waals surface area contributed by atoms with Gasteiger partial charge in [-0.1, -0.05) is 12.1 Å². The van der Waals surface area contributed by atoms with Crippen LogP contribution in [-0.2, 0) is 11.2 Å². The van der Waals surface area contributed by atoms with Crippen molar-refractivity contribution in [2.75, 3.05) is 19.5 Å². The predicted molar refractivity (Wildman–Crippen MR) is 129 cm³/mol. The highest BCUT2D eigenvalue weighted by Crippen LogP contribution is 2.35. The number of carbonyl (C=O) groups is 1. The second-order valence-electron chi connectivity index (χ2n) is 7.57.